The van der Waals surface area contributed by atoms with Crippen molar-refractivity contribution in [2.45, 2.75) is 117 Å². The summed E-state index contributed by atoms with van der Waals surface area (Å²) in [5.74, 6) is -10.1. The molecule has 2 aromatic heterocycles. The van der Waals surface area contributed by atoms with Crippen molar-refractivity contribution in [3.63, 3.8) is 0 Å². The number of hydrogen-bond donors (Lipinski definition) is 5. The summed E-state index contributed by atoms with van der Waals surface area (Å²) in [6, 6.07) is 6.22. The molecule has 0 spiro atoms. The maximum absolute atomic E-state index is 15.7. The molecule has 125 heavy (non-hydrogen) atoms. The van der Waals surface area contributed by atoms with Crippen LogP contribution in [0.3, 0.4) is 0 Å². The average Bonchev–Trinajstić information content (AvgIpc) is 1.58. The van der Waals surface area contributed by atoms with Gasteiger partial charge in [0.25, 0.3) is 17.4 Å². The van der Waals surface area contributed by atoms with E-state index in [1.165, 1.54) is 111 Å². The van der Waals surface area contributed by atoms with Gasteiger partial charge in [-0.2, -0.15) is 6.42 Å². The van der Waals surface area contributed by atoms with E-state index in [9.17, 15) is 96.2 Å². The number of unbranched alkanes of at least 4 members (excludes halogenated alkanes) is 2. The van der Waals surface area contributed by atoms with Crippen molar-refractivity contribution in [2.24, 2.45) is 11.7 Å². The Morgan fingerprint density at radius 1 is 0.656 bits per heavy atom. The number of esters is 1. The average molecular weight is 1820 g/mol. The van der Waals surface area contributed by atoms with Gasteiger partial charge in [0.2, 0.25) is 70.9 Å². The molecule has 0 saturated carbocycles. The van der Waals surface area contributed by atoms with E-state index in [1.54, 1.807) is 58.2 Å². The number of fused-ring (bicyclic) bond motifs is 5. The van der Waals surface area contributed by atoms with Crippen molar-refractivity contribution in [3.05, 3.63) is 110 Å². The number of halogens is 1. The van der Waals surface area contributed by atoms with Gasteiger partial charge in [-0.05, 0) is 85.2 Å². The summed E-state index contributed by atoms with van der Waals surface area (Å²) in [6.07, 6.45) is 6.95. The minimum atomic E-state index is -2.10. The van der Waals surface area contributed by atoms with Gasteiger partial charge >= 0.3 is 34.4 Å². The van der Waals surface area contributed by atoms with E-state index in [0.29, 0.717) is 94.5 Å². The number of amides is 16. The fraction of sp³-hybridized carbons (Fsp3) is 0.506. The van der Waals surface area contributed by atoms with Crippen LogP contribution in [0.25, 0.3) is 22.3 Å². The molecule has 4 aromatic rings. The predicted octanol–water partition coefficient (Wildman–Crippen LogP) is -1.57. The molecule has 0 unspecified atom stereocenters. The molecule has 6 N–H and O–H groups in total. The van der Waals surface area contributed by atoms with Crippen LogP contribution >= 0.6 is 0 Å². The number of pyridine rings is 2. The zero-order valence-electron chi connectivity index (χ0n) is 73.1. The van der Waals surface area contributed by atoms with Crippen molar-refractivity contribution in [1.29, 1.82) is 0 Å². The number of aryl methyl sites for hydroxylation is 1. The standard InChI is InChI=1S/C72H96FN16O18.C11H13N2O4.Nb/c1-15-72(105)50-26-54-68-48(29-89(54)69(102)49(50)41-106-70(72)103)67-52(23-22-47-42(2)51(73)27-53(76-68)66(47)67)77-71(104)107-40-44-20-21-46(75-55(91)19-17-16-18-24-74)25-45(44)28-79(5)57(93)31-81(7)59(95)33-83(9)61(97)35-85(11)63(99)37-87(13)65(101)39-88(14)64(100)38-86(12)62(98)36-84(10)60(96)34-82(8)58(94)32-80(6)56(92)30-78(4)43(3)90;1-7(2)8(6-14)12-9(15)5-13-10(16)3-4-11(13)17;/h19-21,25-27,52,105H,15-18,22-24,28-41,74H2,1-14H3,(H,75,91)(H,77,104);3-4,7-8H,5H2,1-2H3,(H,12,15);/q2*-1;+2/t52-,72-;8-;/m01./s1. The zero-order valence-corrected chi connectivity index (χ0v) is 75.3. The summed E-state index contributed by atoms with van der Waals surface area (Å²) in [5, 5.41) is 20.3. The van der Waals surface area contributed by atoms with E-state index in [2.05, 4.69) is 16.0 Å². The molecule has 1 aliphatic carbocycles. The van der Waals surface area contributed by atoms with Gasteiger partial charge in [0.15, 0.2) is 5.60 Å². The number of likely N-dealkylation sites (N-methyl/N-ethyl adjacent to an activating group) is 11. The van der Waals surface area contributed by atoms with Crippen LogP contribution < -0.4 is 27.2 Å². The fourth-order valence-corrected chi connectivity index (χ4v) is 13.5. The van der Waals surface area contributed by atoms with Crippen LogP contribution in [0.1, 0.15) is 110 Å². The Hall–Kier alpha value is -12.3. The number of hydrogen-bond acceptors (Lipinski definition) is 24. The third-order valence-corrected chi connectivity index (χ3v) is 21.7. The number of carbonyl (C=O) groups excluding carboxylic acids is 18. The smallest absolute Gasteiger partial charge is 0.540 e. The predicted molar refractivity (Wildman–Crippen MR) is 443 cm³/mol. The number of rotatable bonds is 37. The number of imide groups is 1. The van der Waals surface area contributed by atoms with Gasteiger partial charge in [0.05, 0.1) is 106 Å². The molecular weight excluding hydrogens is 1710 g/mol. The third kappa shape index (κ3) is 25.9. The van der Waals surface area contributed by atoms with Crippen LogP contribution in [-0.4, -0.2) is 343 Å². The Morgan fingerprint density at radius 2 is 1.12 bits per heavy atom. The number of nitrogens with two attached hydrogens (primary N) is 1. The molecule has 1 radical (unpaired) electrons. The molecule has 16 amide bonds. The van der Waals surface area contributed by atoms with Crippen LogP contribution in [-0.2, 0) is 152 Å². The topological polar surface area (TPSA) is 482 Å². The molecule has 0 bridgehead atoms. The Balaban J connectivity index is 0.00000120. The largest absolute Gasteiger partial charge is 2.00 e. The molecule has 675 valence electrons. The monoisotopic (exact) mass is 1820 g/mol. The van der Waals surface area contributed by atoms with E-state index >= 15 is 4.39 Å². The number of alkyl carbamates (subject to hydrolysis) is 1. The maximum atomic E-state index is 15.7. The van der Waals surface area contributed by atoms with Crippen LogP contribution in [0, 0.1) is 25.1 Å². The summed E-state index contributed by atoms with van der Waals surface area (Å²) in [7, 11) is 14.9. The molecule has 8 rings (SSSR count). The Labute approximate surface area is 737 Å². The molecular formula is C83H109FN18NbO22. The normalized spacial score (nSPS) is 14.5. The summed E-state index contributed by atoms with van der Waals surface area (Å²) < 4.78 is 28.3. The molecule has 2 aromatic carbocycles. The molecule has 0 fully saturated rings. The number of ether oxygens (including phenoxy) is 2. The van der Waals surface area contributed by atoms with Gasteiger partial charge in [-0.15, -0.1) is 0 Å². The number of aliphatic hydroxyl groups is 1. The Kier molecular flexibility index (Phi) is 36.4. The second-order valence-electron chi connectivity index (χ2n) is 31.5. The Morgan fingerprint density at radius 3 is 1.56 bits per heavy atom. The maximum Gasteiger partial charge on any atom is 2.00 e. The zero-order chi connectivity index (χ0) is 92.4. The van der Waals surface area contributed by atoms with Gasteiger partial charge in [0.1, 0.15) is 25.6 Å². The van der Waals surface area contributed by atoms with Crippen LogP contribution in [0.4, 0.5) is 14.9 Å². The van der Waals surface area contributed by atoms with Gasteiger partial charge in [-0.25, -0.2) is 25.2 Å². The Bertz CT molecular complexity index is 4960. The van der Waals surface area contributed by atoms with Crippen LogP contribution in [0.2, 0.25) is 0 Å². The van der Waals surface area contributed by atoms with E-state index < -0.39 is 176 Å². The number of cyclic esters (lactones) is 1. The summed E-state index contributed by atoms with van der Waals surface area (Å²) in [4.78, 5) is 260. The van der Waals surface area contributed by atoms with E-state index in [1.807, 2.05) is 0 Å². The first kappa shape index (κ1) is 101. The fourth-order valence-electron chi connectivity index (χ4n) is 13.5. The first-order valence-electron chi connectivity index (χ1n) is 39.8. The molecule has 42 heteroatoms. The number of anilines is 1. The minimum absolute atomic E-state index is 0. The van der Waals surface area contributed by atoms with Gasteiger partial charge in [-0.1, -0.05) is 45.2 Å². The molecule has 4 aliphatic rings. The molecule has 5 heterocycles. The number of nitrogens with zero attached hydrogens (tertiary/aromatic N) is 14. The quantitative estimate of drug-likeness (QED) is 0.00986. The van der Waals surface area contributed by atoms with Crippen molar-refractivity contribution in [1.82, 2.24) is 79.0 Å². The van der Waals surface area contributed by atoms with E-state index in [0.717, 1.165) is 61.2 Å². The van der Waals surface area contributed by atoms with Gasteiger partial charge < -0.3 is 111 Å². The summed E-state index contributed by atoms with van der Waals surface area (Å²) >= 11 is 0. The van der Waals surface area contributed by atoms with Gasteiger partial charge in [-0.3, -0.25) is 76.8 Å². The van der Waals surface area contributed by atoms with Crippen molar-refractivity contribution >= 4 is 124 Å². The van der Waals surface area contributed by atoms with Crippen LogP contribution in [0.5, 0.6) is 0 Å². The van der Waals surface area contributed by atoms with Crippen molar-refractivity contribution in [2.75, 3.05) is 161 Å². The number of carbonyl (C=O) groups is 17. The molecule has 40 nitrogen and oxygen atoms in total. The van der Waals surface area contributed by atoms with Crippen molar-refractivity contribution in [3.8, 4) is 11.4 Å². The first-order chi connectivity index (χ1) is 58.2. The molecule has 0 saturated heterocycles. The second-order valence-corrected chi connectivity index (χ2v) is 31.5. The minimum Gasteiger partial charge on any atom is -0.540 e. The van der Waals surface area contributed by atoms with E-state index in [-0.39, 0.29) is 103 Å². The molecule has 3 aliphatic heterocycles. The number of nitrogens with one attached hydrogen (secondary N) is 3. The summed E-state index contributed by atoms with van der Waals surface area (Å²) in [5.41, 5.74) is 7.61. The second kappa shape index (κ2) is 44.8. The third-order valence-electron chi connectivity index (χ3n) is 21.7. The number of benzene rings is 2. The molecule has 3 atom stereocenters. The van der Waals surface area contributed by atoms with Crippen LogP contribution in [0.15, 0.2) is 47.3 Å². The first-order valence-corrected chi connectivity index (χ1v) is 39.8. The SMILES string of the molecule is CC(C)[C@@H]([C-]=O)NC(=O)CN1C(=O)C=CC1=O.CC[C@@]1(O)C(=O)OCc2c1cc1n(c2=O)Cc2c-1nc1cc(F)c(C)c3c1c2[C@@H](NC(=O)OCc1ccc(NC(=O)[CH-]CCCCN)cc1CN(C)C(=O)CN(C)C(=O)CN(C)C(=O)CN(C)C(=O)CN(C)C(=O)CN(C)C(=O)CN(C)C(=O)CN(C)C(=O)CN(C)C(=O)CN(C)C(=O)CN(C)C(C)=O)CC3.[Nb+2]. The van der Waals surface area contributed by atoms with Gasteiger partial charge in [0, 0.05) is 131 Å². The number of aromatic nitrogens is 2. The summed E-state index contributed by atoms with van der Waals surface area (Å²) in [6.45, 7) is 2.76. The van der Waals surface area contributed by atoms with E-state index in [4.69, 9.17) is 20.2 Å². The van der Waals surface area contributed by atoms with Crippen molar-refractivity contribution < 1.29 is 128 Å².